The van der Waals surface area contributed by atoms with E-state index in [2.05, 4.69) is 19.2 Å². The molecule has 16 heavy (non-hydrogen) atoms. The van der Waals surface area contributed by atoms with Gasteiger partial charge in [-0.2, -0.15) is 0 Å². The molecule has 2 rings (SSSR count). The van der Waals surface area contributed by atoms with Gasteiger partial charge in [0.2, 0.25) is 0 Å². The minimum Gasteiger partial charge on any atom is -0.378 e. The number of nitrogens with one attached hydrogen (secondary N) is 1. The molecule has 2 fully saturated rings. The molecule has 0 aromatic heterocycles. The van der Waals surface area contributed by atoms with Crippen LogP contribution in [0.4, 0.5) is 0 Å². The molecule has 0 bridgehead atoms. The van der Waals surface area contributed by atoms with Crippen molar-refractivity contribution in [1.29, 1.82) is 0 Å². The maximum absolute atomic E-state index is 5.61. The van der Waals surface area contributed by atoms with Crippen molar-refractivity contribution in [1.82, 2.24) is 5.32 Å². The van der Waals surface area contributed by atoms with Crippen molar-refractivity contribution in [3.8, 4) is 0 Å². The van der Waals surface area contributed by atoms with Gasteiger partial charge in [0, 0.05) is 18.7 Å². The van der Waals surface area contributed by atoms with Crippen LogP contribution in [0.1, 0.15) is 58.8 Å². The SMILES string of the molecule is CCOC1CC(NC2CCCCCC2C)C1. The zero-order valence-electron chi connectivity index (χ0n) is 10.9. The average molecular weight is 225 g/mol. The summed E-state index contributed by atoms with van der Waals surface area (Å²) in [7, 11) is 0. The van der Waals surface area contributed by atoms with Crippen LogP contribution in [0.2, 0.25) is 0 Å². The predicted molar refractivity (Wildman–Crippen MR) is 67.6 cm³/mol. The molecule has 2 atom stereocenters. The Bertz CT molecular complexity index is 201. The van der Waals surface area contributed by atoms with Gasteiger partial charge < -0.3 is 10.1 Å². The topological polar surface area (TPSA) is 21.3 Å². The van der Waals surface area contributed by atoms with Gasteiger partial charge in [0.05, 0.1) is 6.10 Å². The van der Waals surface area contributed by atoms with Crippen LogP contribution in [0.5, 0.6) is 0 Å². The second-order valence-corrected chi connectivity index (χ2v) is 5.63. The Hall–Kier alpha value is -0.0800. The van der Waals surface area contributed by atoms with E-state index in [0.717, 1.165) is 24.6 Å². The maximum atomic E-state index is 5.61. The van der Waals surface area contributed by atoms with Crippen LogP contribution in [0.25, 0.3) is 0 Å². The van der Waals surface area contributed by atoms with Crippen molar-refractivity contribution >= 4 is 0 Å². The van der Waals surface area contributed by atoms with Crippen LogP contribution in [0.15, 0.2) is 0 Å². The van der Waals surface area contributed by atoms with Gasteiger partial charge in [-0.1, -0.05) is 26.2 Å². The molecule has 0 saturated heterocycles. The predicted octanol–water partition coefficient (Wildman–Crippen LogP) is 3.11. The van der Waals surface area contributed by atoms with E-state index < -0.39 is 0 Å². The quantitative estimate of drug-likeness (QED) is 0.742. The number of hydrogen-bond donors (Lipinski definition) is 1. The van der Waals surface area contributed by atoms with Crippen molar-refractivity contribution in [2.75, 3.05) is 6.61 Å². The van der Waals surface area contributed by atoms with Crippen molar-refractivity contribution < 1.29 is 4.74 Å². The zero-order valence-corrected chi connectivity index (χ0v) is 10.9. The van der Waals surface area contributed by atoms with Gasteiger partial charge >= 0.3 is 0 Å². The molecule has 2 nitrogen and oxygen atoms in total. The summed E-state index contributed by atoms with van der Waals surface area (Å²) >= 11 is 0. The van der Waals surface area contributed by atoms with E-state index in [1.807, 2.05) is 0 Å². The van der Waals surface area contributed by atoms with Gasteiger partial charge in [0.15, 0.2) is 0 Å². The number of ether oxygens (including phenoxy) is 1. The van der Waals surface area contributed by atoms with E-state index in [9.17, 15) is 0 Å². The smallest absolute Gasteiger partial charge is 0.0604 e. The van der Waals surface area contributed by atoms with Crippen LogP contribution in [-0.4, -0.2) is 24.8 Å². The monoisotopic (exact) mass is 225 g/mol. The van der Waals surface area contributed by atoms with E-state index in [1.165, 1.54) is 44.9 Å². The van der Waals surface area contributed by atoms with E-state index >= 15 is 0 Å². The van der Waals surface area contributed by atoms with Crippen molar-refractivity contribution in [3.63, 3.8) is 0 Å². The van der Waals surface area contributed by atoms with Crippen molar-refractivity contribution in [2.24, 2.45) is 5.92 Å². The summed E-state index contributed by atoms with van der Waals surface area (Å²) in [5.41, 5.74) is 0. The Balaban J connectivity index is 1.69. The minimum atomic E-state index is 0.545. The fourth-order valence-electron chi connectivity index (χ4n) is 3.12. The van der Waals surface area contributed by atoms with Gasteiger partial charge in [0.1, 0.15) is 0 Å². The Kier molecular flexibility index (Phi) is 4.66. The highest BCUT2D eigenvalue weighted by molar-refractivity contribution is 4.90. The summed E-state index contributed by atoms with van der Waals surface area (Å²) in [6.45, 7) is 5.38. The van der Waals surface area contributed by atoms with Gasteiger partial charge in [-0.15, -0.1) is 0 Å². The molecule has 0 aliphatic heterocycles. The Morgan fingerprint density at radius 3 is 2.62 bits per heavy atom. The molecule has 0 amide bonds. The summed E-state index contributed by atoms with van der Waals surface area (Å²) in [5, 5.41) is 3.85. The van der Waals surface area contributed by atoms with E-state index in [-0.39, 0.29) is 0 Å². The molecule has 0 heterocycles. The minimum absolute atomic E-state index is 0.545. The van der Waals surface area contributed by atoms with Gasteiger partial charge in [0.25, 0.3) is 0 Å². The molecule has 0 aromatic rings. The Morgan fingerprint density at radius 2 is 1.88 bits per heavy atom. The van der Waals surface area contributed by atoms with Crippen LogP contribution in [-0.2, 0) is 4.74 Å². The summed E-state index contributed by atoms with van der Waals surface area (Å²) in [4.78, 5) is 0. The van der Waals surface area contributed by atoms with Gasteiger partial charge in [-0.05, 0) is 38.5 Å². The highest BCUT2D eigenvalue weighted by Crippen LogP contribution is 2.28. The molecule has 2 saturated carbocycles. The molecule has 0 radical (unpaired) electrons. The largest absolute Gasteiger partial charge is 0.378 e. The number of rotatable bonds is 4. The van der Waals surface area contributed by atoms with Crippen LogP contribution in [0.3, 0.4) is 0 Å². The van der Waals surface area contributed by atoms with Gasteiger partial charge in [-0.25, -0.2) is 0 Å². The van der Waals surface area contributed by atoms with Gasteiger partial charge in [-0.3, -0.25) is 0 Å². The third kappa shape index (κ3) is 3.21. The summed E-state index contributed by atoms with van der Waals surface area (Å²) in [6, 6.07) is 1.51. The fourth-order valence-corrected chi connectivity index (χ4v) is 3.12. The number of hydrogen-bond acceptors (Lipinski definition) is 2. The standard InChI is InChI=1S/C14H27NO/c1-3-16-13-9-12(10-13)15-14-8-6-4-5-7-11(14)2/h11-15H,3-10H2,1-2H3. The molecule has 0 aromatic carbocycles. The first kappa shape index (κ1) is 12.4. The highest BCUT2D eigenvalue weighted by atomic mass is 16.5. The van der Waals surface area contributed by atoms with E-state index in [0.29, 0.717) is 6.10 Å². The molecule has 0 spiro atoms. The third-order valence-electron chi connectivity index (χ3n) is 4.31. The lowest BCUT2D eigenvalue weighted by molar-refractivity contribution is -0.0141. The zero-order chi connectivity index (χ0) is 11.4. The average Bonchev–Trinajstić information content (AvgIpc) is 2.41. The lowest BCUT2D eigenvalue weighted by Crippen LogP contribution is -2.51. The van der Waals surface area contributed by atoms with Crippen molar-refractivity contribution in [3.05, 3.63) is 0 Å². The van der Waals surface area contributed by atoms with E-state index in [1.54, 1.807) is 0 Å². The molecule has 2 heteroatoms. The molecule has 2 unspecified atom stereocenters. The molecule has 94 valence electrons. The van der Waals surface area contributed by atoms with Crippen LogP contribution < -0.4 is 5.32 Å². The fraction of sp³-hybridized carbons (Fsp3) is 1.00. The Morgan fingerprint density at radius 1 is 1.12 bits per heavy atom. The molecular formula is C14H27NO. The lowest BCUT2D eigenvalue weighted by atomic mass is 9.86. The maximum Gasteiger partial charge on any atom is 0.0604 e. The normalized spacial score (nSPS) is 40.1. The van der Waals surface area contributed by atoms with Crippen molar-refractivity contribution in [2.45, 2.75) is 77.0 Å². The molecular weight excluding hydrogens is 198 g/mol. The molecule has 1 N–H and O–H groups in total. The first-order valence-corrected chi connectivity index (χ1v) is 7.17. The second kappa shape index (κ2) is 6.02. The first-order valence-electron chi connectivity index (χ1n) is 7.17. The Labute approximate surface area is 100 Å². The van der Waals surface area contributed by atoms with Crippen LogP contribution >= 0.6 is 0 Å². The molecule has 2 aliphatic carbocycles. The highest BCUT2D eigenvalue weighted by Gasteiger charge is 2.32. The lowest BCUT2D eigenvalue weighted by Gasteiger charge is -2.39. The summed E-state index contributed by atoms with van der Waals surface area (Å²) < 4.78 is 5.61. The van der Waals surface area contributed by atoms with Crippen LogP contribution in [0, 0.1) is 5.92 Å². The first-order chi connectivity index (χ1) is 7.79. The third-order valence-corrected chi connectivity index (χ3v) is 4.31. The second-order valence-electron chi connectivity index (χ2n) is 5.63. The van der Waals surface area contributed by atoms with E-state index in [4.69, 9.17) is 4.74 Å². The summed E-state index contributed by atoms with van der Waals surface area (Å²) in [6.07, 6.45) is 10.1. The summed E-state index contributed by atoms with van der Waals surface area (Å²) in [5.74, 6) is 0.869. The molecule has 2 aliphatic rings.